The molecule has 0 bridgehead atoms. The van der Waals surface area contributed by atoms with E-state index in [1.807, 2.05) is 6.08 Å². The van der Waals surface area contributed by atoms with Gasteiger partial charge in [-0.15, -0.1) is 0 Å². The van der Waals surface area contributed by atoms with Crippen LogP contribution in [-0.2, 0) is 4.84 Å². The van der Waals surface area contributed by atoms with E-state index in [0.29, 0.717) is 11.3 Å². The van der Waals surface area contributed by atoms with Crippen molar-refractivity contribution in [2.24, 2.45) is 17.2 Å². The smallest absolute Gasteiger partial charge is 0.107 e. The maximum Gasteiger partial charge on any atom is 0.107 e. The molecule has 0 aliphatic rings. The van der Waals surface area contributed by atoms with Crippen molar-refractivity contribution in [1.29, 1.82) is 0 Å². The number of hydrogen-bond acceptors (Lipinski definition) is 2. The molecule has 0 aromatic heterocycles. The fourth-order valence-electron chi connectivity index (χ4n) is 1.18. The van der Waals surface area contributed by atoms with Crippen molar-refractivity contribution in [3.8, 4) is 0 Å². The second-order valence-corrected chi connectivity index (χ2v) is 3.85. The SMILES string of the molecule is CCC(/C=C\ON)C(C)(C)C. The van der Waals surface area contributed by atoms with Crippen molar-refractivity contribution in [2.45, 2.75) is 34.1 Å². The van der Waals surface area contributed by atoms with Gasteiger partial charge in [-0.2, -0.15) is 5.90 Å². The number of allylic oxidation sites excluding steroid dienone is 1. The Morgan fingerprint density at radius 3 is 2.27 bits per heavy atom. The van der Waals surface area contributed by atoms with Gasteiger partial charge in [-0.05, 0) is 23.8 Å². The standard InChI is InChI=1S/C9H19NO/c1-5-8(6-7-11-10)9(2,3)4/h6-8H,5,10H2,1-4H3/b7-6-. The van der Waals surface area contributed by atoms with Crippen LogP contribution in [0.3, 0.4) is 0 Å². The highest BCUT2D eigenvalue weighted by molar-refractivity contribution is 4.89. The van der Waals surface area contributed by atoms with Crippen molar-refractivity contribution >= 4 is 0 Å². The Labute approximate surface area is 69.4 Å². The Hall–Kier alpha value is -0.500. The summed E-state index contributed by atoms with van der Waals surface area (Å²) in [6.07, 6.45) is 4.68. The number of nitrogens with two attached hydrogens (primary N) is 1. The molecule has 0 radical (unpaired) electrons. The topological polar surface area (TPSA) is 35.2 Å². The van der Waals surface area contributed by atoms with Gasteiger partial charge in [0.1, 0.15) is 6.26 Å². The van der Waals surface area contributed by atoms with Crippen LogP contribution in [0.5, 0.6) is 0 Å². The Bertz CT molecular complexity index is 124. The lowest BCUT2D eigenvalue weighted by molar-refractivity contribution is 0.242. The highest BCUT2D eigenvalue weighted by atomic mass is 16.6. The molecule has 0 aliphatic carbocycles. The molecule has 0 aromatic carbocycles. The van der Waals surface area contributed by atoms with Crippen molar-refractivity contribution in [3.63, 3.8) is 0 Å². The minimum Gasteiger partial charge on any atom is -0.420 e. The molecule has 0 aliphatic heterocycles. The zero-order chi connectivity index (χ0) is 8.91. The normalized spacial score (nSPS) is 15.4. The molecule has 66 valence electrons. The van der Waals surface area contributed by atoms with Gasteiger partial charge < -0.3 is 4.84 Å². The minimum absolute atomic E-state index is 0.295. The highest BCUT2D eigenvalue weighted by Crippen LogP contribution is 2.29. The maximum atomic E-state index is 4.89. The van der Waals surface area contributed by atoms with Gasteiger partial charge in [-0.3, -0.25) is 0 Å². The molecule has 0 saturated heterocycles. The first-order valence-corrected chi connectivity index (χ1v) is 4.04. The lowest BCUT2D eigenvalue weighted by Gasteiger charge is -2.26. The summed E-state index contributed by atoms with van der Waals surface area (Å²) in [6.45, 7) is 8.79. The molecule has 0 spiro atoms. The first-order valence-electron chi connectivity index (χ1n) is 4.04. The summed E-state index contributed by atoms with van der Waals surface area (Å²) in [5.41, 5.74) is 0.295. The Kier molecular flexibility index (Phi) is 4.19. The summed E-state index contributed by atoms with van der Waals surface area (Å²) >= 11 is 0. The first kappa shape index (κ1) is 10.5. The zero-order valence-electron chi connectivity index (χ0n) is 7.92. The van der Waals surface area contributed by atoms with Gasteiger partial charge in [0.15, 0.2) is 0 Å². The van der Waals surface area contributed by atoms with E-state index in [-0.39, 0.29) is 0 Å². The molecule has 2 heteroatoms. The van der Waals surface area contributed by atoms with E-state index < -0.39 is 0 Å². The molecule has 0 rings (SSSR count). The number of hydrogen-bond donors (Lipinski definition) is 1. The molecule has 1 unspecified atom stereocenters. The first-order chi connectivity index (χ1) is 5.02. The van der Waals surface area contributed by atoms with Crippen LogP contribution in [0, 0.1) is 11.3 Å². The molecule has 11 heavy (non-hydrogen) atoms. The van der Waals surface area contributed by atoms with Crippen LogP contribution in [-0.4, -0.2) is 0 Å². The number of rotatable bonds is 3. The van der Waals surface area contributed by atoms with Crippen molar-refractivity contribution in [3.05, 3.63) is 12.3 Å². The fraction of sp³-hybridized carbons (Fsp3) is 0.778. The summed E-state index contributed by atoms with van der Waals surface area (Å²) in [7, 11) is 0. The van der Waals surface area contributed by atoms with Crippen LogP contribution in [0.25, 0.3) is 0 Å². The van der Waals surface area contributed by atoms with Crippen molar-refractivity contribution < 1.29 is 4.84 Å². The van der Waals surface area contributed by atoms with Crippen LogP contribution >= 0.6 is 0 Å². The van der Waals surface area contributed by atoms with Gasteiger partial charge in [0.2, 0.25) is 0 Å². The Morgan fingerprint density at radius 1 is 1.45 bits per heavy atom. The molecular weight excluding hydrogens is 138 g/mol. The second-order valence-electron chi connectivity index (χ2n) is 3.85. The summed E-state index contributed by atoms with van der Waals surface area (Å²) in [5.74, 6) is 5.42. The summed E-state index contributed by atoms with van der Waals surface area (Å²) in [6, 6.07) is 0. The Balaban J connectivity index is 4.06. The molecule has 2 N–H and O–H groups in total. The molecule has 0 heterocycles. The van der Waals surface area contributed by atoms with Crippen LogP contribution in [0.2, 0.25) is 0 Å². The van der Waals surface area contributed by atoms with Crippen molar-refractivity contribution in [2.75, 3.05) is 0 Å². The Morgan fingerprint density at radius 2 is 2.00 bits per heavy atom. The third-order valence-electron chi connectivity index (χ3n) is 1.94. The van der Waals surface area contributed by atoms with Crippen LogP contribution in [0.1, 0.15) is 34.1 Å². The summed E-state index contributed by atoms with van der Waals surface area (Å²) in [5, 5.41) is 0. The fourth-order valence-corrected chi connectivity index (χ4v) is 1.18. The maximum absolute atomic E-state index is 4.89. The zero-order valence-corrected chi connectivity index (χ0v) is 7.92. The second kappa shape index (κ2) is 4.39. The van der Waals surface area contributed by atoms with Crippen LogP contribution < -0.4 is 5.90 Å². The average molecular weight is 157 g/mol. The molecule has 0 amide bonds. The summed E-state index contributed by atoms with van der Waals surface area (Å²) < 4.78 is 0. The molecule has 0 fully saturated rings. The third-order valence-corrected chi connectivity index (χ3v) is 1.94. The average Bonchev–Trinajstić information content (AvgIpc) is 1.87. The lowest BCUT2D eigenvalue weighted by atomic mass is 9.79. The third kappa shape index (κ3) is 4.04. The van der Waals surface area contributed by atoms with Crippen molar-refractivity contribution in [1.82, 2.24) is 0 Å². The van der Waals surface area contributed by atoms with Crippen LogP contribution in [0.4, 0.5) is 0 Å². The highest BCUT2D eigenvalue weighted by Gasteiger charge is 2.19. The van der Waals surface area contributed by atoms with E-state index >= 15 is 0 Å². The molecule has 0 aromatic rings. The van der Waals surface area contributed by atoms with E-state index in [1.165, 1.54) is 0 Å². The molecule has 0 saturated carbocycles. The predicted molar refractivity (Wildman–Crippen MR) is 47.6 cm³/mol. The molecular formula is C9H19NO. The van der Waals surface area contributed by atoms with Gasteiger partial charge in [0.25, 0.3) is 0 Å². The van der Waals surface area contributed by atoms with E-state index in [9.17, 15) is 0 Å². The lowest BCUT2D eigenvalue weighted by Crippen LogP contribution is -2.17. The van der Waals surface area contributed by atoms with E-state index in [4.69, 9.17) is 5.90 Å². The largest absolute Gasteiger partial charge is 0.420 e. The monoisotopic (exact) mass is 157 g/mol. The summed E-state index contributed by atoms with van der Waals surface area (Å²) in [4.78, 5) is 4.39. The van der Waals surface area contributed by atoms with Crippen LogP contribution in [0.15, 0.2) is 12.3 Å². The van der Waals surface area contributed by atoms with Gasteiger partial charge in [-0.25, -0.2) is 0 Å². The van der Waals surface area contributed by atoms with Gasteiger partial charge in [-0.1, -0.05) is 27.7 Å². The van der Waals surface area contributed by atoms with E-state index in [1.54, 1.807) is 6.26 Å². The van der Waals surface area contributed by atoms with Gasteiger partial charge >= 0.3 is 0 Å². The minimum atomic E-state index is 0.295. The molecule has 2 nitrogen and oxygen atoms in total. The predicted octanol–water partition coefficient (Wildman–Crippen LogP) is 2.46. The quantitative estimate of drug-likeness (QED) is 0.504. The van der Waals surface area contributed by atoms with Gasteiger partial charge in [0, 0.05) is 0 Å². The molecule has 1 atom stereocenters. The van der Waals surface area contributed by atoms with E-state index in [0.717, 1.165) is 6.42 Å². The van der Waals surface area contributed by atoms with Gasteiger partial charge in [0.05, 0.1) is 0 Å². The van der Waals surface area contributed by atoms with E-state index in [2.05, 4.69) is 32.5 Å².